The quantitative estimate of drug-likeness (QED) is 0.923. The molecule has 2 aromatic rings. The molecular weight excluding hydrogens is 257 g/mol. The summed E-state index contributed by atoms with van der Waals surface area (Å²) in [7, 11) is 0. The monoisotopic (exact) mass is 275 g/mol. The fourth-order valence-corrected chi connectivity index (χ4v) is 2.66. The van der Waals surface area contributed by atoms with Crippen LogP contribution in [0.3, 0.4) is 0 Å². The van der Waals surface area contributed by atoms with Gasteiger partial charge in [0.05, 0.1) is 18.2 Å². The number of aromatic nitrogens is 1. The van der Waals surface area contributed by atoms with Crippen LogP contribution in [0.5, 0.6) is 0 Å². The van der Waals surface area contributed by atoms with Crippen molar-refractivity contribution >= 4 is 10.9 Å². The van der Waals surface area contributed by atoms with Crippen LogP contribution in [0.1, 0.15) is 5.56 Å². The van der Waals surface area contributed by atoms with E-state index in [-0.39, 0.29) is 11.9 Å². The van der Waals surface area contributed by atoms with Crippen LogP contribution >= 0.6 is 0 Å². The number of nitrogens with two attached hydrogens (primary N) is 1. The summed E-state index contributed by atoms with van der Waals surface area (Å²) >= 11 is 0. The summed E-state index contributed by atoms with van der Waals surface area (Å²) in [5.41, 5.74) is 7.43. The Morgan fingerprint density at radius 2 is 2.35 bits per heavy atom. The van der Waals surface area contributed by atoms with Gasteiger partial charge in [0.2, 0.25) is 0 Å². The first-order valence-electron chi connectivity index (χ1n) is 6.83. The van der Waals surface area contributed by atoms with Crippen molar-refractivity contribution in [2.75, 3.05) is 26.2 Å². The van der Waals surface area contributed by atoms with E-state index >= 15 is 0 Å². The summed E-state index contributed by atoms with van der Waals surface area (Å²) in [6.45, 7) is 3.47. The summed E-state index contributed by atoms with van der Waals surface area (Å²) in [5, 5.41) is 0.839. The first-order chi connectivity index (χ1) is 9.76. The lowest BCUT2D eigenvalue weighted by Gasteiger charge is -2.32. The largest absolute Gasteiger partial charge is 0.374 e. The summed E-state index contributed by atoms with van der Waals surface area (Å²) < 4.78 is 19.3. The maximum absolute atomic E-state index is 13.7. The normalized spacial score (nSPS) is 20.4. The number of hydrogen-bond acceptors (Lipinski definition) is 4. The van der Waals surface area contributed by atoms with E-state index in [9.17, 15) is 4.39 Å². The third-order valence-electron chi connectivity index (χ3n) is 3.63. The number of hydrogen-bond donors (Lipinski definition) is 1. The minimum absolute atomic E-state index is 0.0662. The second-order valence-electron chi connectivity index (χ2n) is 5.10. The van der Waals surface area contributed by atoms with Gasteiger partial charge in [0.25, 0.3) is 0 Å². The molecule has 0 amide bonds. The Labute approximate surface area is 117 Å². The molecule has 0 radical (unpaired) electrons. The molecule has 4 nitrogen and oxygen atoms in total. The second kappa shape index (κ2) is 5.83. The van der Waals surface area contributed by atoms with E-state index in [1.54, 1.807) is 12.3 Å². The van der Waals surface area contributed by atoms with Gasteiger partial charge in [-0.1, -0.05) is 6.07 Å². The number of ether oxygens (including phenoxy) is 1. The van der Waals surface area contributed by atoms with Crippen molar-refractivity contribution in [3.63, 3.8) is 0 Å². The molecule has 0 spiro atoms. The lowest BCUT2D eigenvalue weighted by atomic mass is 10.1. The van der Waals surface area contributed by atoms with Crippen LogP contribution in [0, 0.1) is 5.82 Å². The molecule has 1 saturated heterocycles. The standard InChI is InChI=1S/C15H18FN3O/c16-13-6-11-2-1-3-18-15(11)12(7-13)9-19-4-5-20-14(8-17)10-19/h1-3,6-7,14H,4-5,8-10,17H2. The van der Waals surface area contributed by atoms with Crippen molar-refractivity contribution < 1.29 is 9.13 Å². The fraction of sp³-hybridized carbons (Fsp3) is 0.400. The van der Waals surface area contributed by atoms with E-state index in [2.05, 4.69) is 9.88 Å². The van der Waals surface area contributed by atoms with Gasteiger partial charge in [-0.05, 0) is 23.8 Å². The van der Waals surface area contributed by atoms with E-state index in [1.807, 2.05) is 12.1 Å². The molecule has 1 aliphatic heterocycles. The number of morpholine rings is 1. The van der Waals surface area contributed by atoms with Gasteiger partial charge < -0.3 is 10.5 Å². The van der Waals surface area contributed by atoms with Crippen molar-refractivity contribution in [3.05, 3.63) is 41.8 Å². The highest BCUT2D eigenvalue weighted by atomic mass is 19.1. The predicted molar refractivity (Wildman–Crippen MR) is 75.8 cm³/mol. The highest BCUT2D eigenvalue weighted by Crippen LogP contribution is 2.20. The highest BCUT2D eigenvalue weighted by molar-refractivity contribution is 5.81. The SMILES string of the molecule is NCC1CN(Cc2cc(F)cc3cccnc23)CCO1. The van der Waals surface area contributed by atoms with Gasteiger partial charge in [0.1, 0.15) is 5.82 Å². The number of rotatable bonds is 3. The van der Waals surface area contributed by atoms with E-state index in [0.717, 1.165) is 29.6 Å². The Morgan fingerprint density at radius 3 is 3.20 bits per heavy atom. The minimum atomic E-state index is -0.218. The third kappa shape index (κ3) is 2.80. The van der Waals surface area contributed by atoms with Crippen molar-refractivity contribution in [2.45, 2.75) is 12.6 Å². The molecule has 1 fully saturated rings. The number of halogens is 1. The third-order valence-corrected chi connectivity index (χ3v) is 3.63. The average Bonchev–Trinajstić information content (AvgIpc) is 2.47. The molecule has 3 rings (SSSR count). The summed E-state index contributed by atoms with van der Waals surface area (Å²) in [4.78, 5) is 6.62. The zero-order valence-electron chi connectivity index (χ0n) is 11.3. The molecular formula is C15H18FN3O. The maximum atomic E-state index is 13.7. The number of nitrogens with zero attached hydrogens (tertiary/aromatic N) is 2. The van der Waals surface area contributed by atoms with E-state index in [0.29, 0.717) is 19.7 Å². The Hall–Kier alpha value is -1.56. The highest BCUT2D eigenvalue weighted by Gasteiger charge is 2.20. The van der Waals surface area contributed by atoms with Gasteiger partial charge in [-0.15, -0.1) is 0 Å². The van der Waals surface area contributed by atoms with Crippen molar-refractivity contribution in [2.24, 2.45) is 5.73 Å². The van der Waals surface area contributed by atoms with Gasteiger partial charge in [-0.3, -0.25) is 9.88 Å². The van der Waals surface area contributed by atoms with E-state index in [4.69, 9.17) is 10.5 Å². The van der Waals surface area contributed by atoms with Gasteiger partial charge in [0, 0.05) is 37.8 Å². The van der Waals surface area contributed by atoms with Crippen molar-refractivity contribution in [1.29, 1.82) is 0 Å². The molecule has 0 bridgehead atoms. The fourth-order valence-electron chi connectivity index (χ4n) is 2.66. The van der Waals surface area contributed by atoms with E-state index in [1.165, 1.54) is 6.07 Å². The van der Waals surface area contributed by atoms with Crippen LogP contribution in [0.4, 0.5) is 4.39 Å². The molecule has 20 heavy (non-hydrogen) atoms. The number of pyridine rings is 1. The first kappa shape index (κ1) is 13.4. The van der Waals surface area contributed by atoms with Gasteiger partial charge in [-0.2, -0.15) is 0 Å². The molecule has 0 aliphatic carbocycles. The van der Waals surface area contributed by atoms with Gasteiger partial charge >= 0.3 is 0 Å². The molecule has 106 valence electrons. The molecule has 5 heteroatoms. The topological polar surface area (TPSA) is 51.4 Å². The summed E-state index contributed by atoms with van der Waals surface area (Å²) in [6.07, 6.45) is 1.81. The average molecular weight is 275 g/mol. The molecule has 2 heterocycles. The van der Waals surface area contributed by atoms with Crippen molar-refractivity contribution in [3.8, 4) is 0 Å². The molecule has 0 saturated carbocycles. The molecule has 2 N–H and O–H groups in total. The van der Waals surface area contributed by atoms with Crippen LogP contribution < -0.4 is 5.73 Å². The summed E-state index contributed by atoms with van der Waals surface area (Å²) in [6, 6.07) is 6.80. The molecule has 1 aromatic heterocycles. The summed E-state index contributed by atoms with van der Waals surface area (Å²) in [5.74, 6) is -0.218. The molecule has 1 aromatic carbocycles. The maximum Gasteiger partial charge on any atom is 0.124 e. The lowest BCUT2D eigenvalue weighted by Crippen LogP contribution is -2.45. The number of fused-ring (bicyclic) bond motifs is 1. The van der Waals surface area contributed by atoms with Crippen molar-refractivity contribution in [1.82, 2.24) is 9.88 Å². The Bertz CT molecular complexity index is 605. The Morgan fingerprint density at radius 1 is 1.45 bits per heavy atom. The first-order valence-corrected chi connectivity index (χ1v) is 6.83. The smallest absolute Gasteiger partial charge is 0.124 e. The van der Waals surface area contributed by atoms with Gasteiger partial charge in [0.15, 0.2) is 0 Å². The van der Waals surface area contributed by atoms with E-state index < -0.39 is 0 Å². The molecule has 1 atom stereocenters. The molecule has 1 unspecified atom stereocenters. The van der Waals surface area contributed by atoms with Crippen LogP contribution in [0.15, 0.2) is 30.5 Å². The predicted octanol–water partition coefficient (Wildman–Crippen LogP) is 1.53. The van der Waals surface area contributed by atoms with Crippen LogP contribution in [0.2, 0.25) is 0 Å². The Kier molecular flexibility index (Phi) is 3.91. The Balaban J connectivity index is 1.86. The zero-order valence-corrected chi connectivity index (χ0v) is 11.3. The zero-order chi connectivity index (χ0) is 13.9. The van der Waals surface area contributed by atoms with Crippen LogP contribution in [-0.4, -0.2) is 42.2 Å². The van der Waals surface area contributed by atoms with Crippen LogP contribution in [0.25, 0.3) is 10.9 Å². The van der Waals surface area contributed by atoms with Gasteiger partial charge in [-0.25, -0.2) is 4.39 Å². The van der Waals surface area contributed by atoms with Crippen LogP contribution in [-0.2, 0) is 11.3 Å². The lowest BCUT2D eigenvalue weighted by molar-refractivity contribution is -0.0259. The number of benzene rings is 1. The molecule has 1 aliphatic rings. The second-order valence-corrected chi connectivity index (χ2v) is 5.10. The minimum Gasteiger partial charge on any atom is -0.374 e.